The lowest BCUT2D eigenvalue weighted by molar-refractivity contribution is 0.569. The lowest BCUT2D eigenvalue weighted by atomic mass is 10.2. The molecule has 0 atom stereocenters. The zero-order valence-electron chi connectivity index (χ0n) is 13.0. The molecular formula is C18H13Cl2N3OS. The van der Waals surface area contributed by atoms with Gasteiger partial charge in [-0.2, -0.15) is 0 Å². The summed E-state index contributed by atoms with van der Waals surface area (Å²) in [5, 5.41) is 1.36. The predicted molar refractivity (Wildman–Crippen MR) is 103 cm³/mol. The number of hydrogen-bond acceptors (Lipinski definition) is 4. The van der Waals surface area contributed by atoms with Crippen LogP contribution in [-0.2, 0) is 6.67 Å². The van der Waals surface area contributed by atoms with Crippen LogP contribution in [0, 0.1) is 0 Å². The van der Waals surface area contributed by atoms with Crippen LogP contribution in [0.15, 0.2) is 58.3 Å². The molecule has 0 spiro atoms. The minimum atomic E-state index is -0.0302. The van der Waals surface area contributed by atoms with Crippen LogP contribution in [0.3, 0.4) is 0 Å². The number of aromatic nitrogens is 1. The van der Waals surface area contributed by atoms with Gasteiger partial charge in [0.1, 0.15) is 13.3 Å². The van der Waals surface area contributed by atoms with Crippen LogP contribution in [0.4, 0.5) is 5.69 Å². The Labute approximate surface area is 157 Å². The molecule has 7 heteroatoms. The SMILES string of the molecule is O=c1/c(=C/c2ccc(Cl)cc2)sc2n1CN(c1ccc(Cl)cc1)CN=2. The molecule has 126 valence electrons. The molecule has 0 aliphatic carbocycles. The smallest absolute Gasteiger partial charge is 0.271 e. The number of benzene rings is 2. The molecular weight excluding hydrogens is 377 g/mol. The lowest BCUT2D eigenvalue weighted by Gasteiger charge is -2.25. The van der Waals surface area contributed by atoms with Gasteiger partial charge in [0.15, 0.2) is 4.80 Å². The second kappa shape index (κ2) is 6.67. The third-order valence-corrected chi connectivity index (χ3v) is 5.48. The standard InChI is InChI=1S/C18H13Cl2N3OS/c19-13-3-1-12(2-4-13)9-16-17(24)23-11-22(10-21-18(23)25-16)15-7-5-14(20)6-8-15/h1-9H,10-11H2/b16-9-. The van der Waals surface area contributed by atoms with Crippen LogP contribution in [0.2, 0.25) is 10.0 Å². The molecule has 0 bridgehead atoms. The molecule has 1 aliphatic rings. The molecule has 0 radical (unpaired) electrons. The van der Waals surface area contributed by atoms with E-state index in [4.69, 9.17) is 23.2 Å². The summed E-state index contributed by atoms with van der Waals surface area (Å²) in [6.07, 6.45) is 1.87. The first-order valence-electron chi connectivity index (χ1n) is 7.62. The maximum absolute atomic E-state index is 12.7. The quantitative estimate of drug-likeness (QED) is 0.675. The summed E-state index contributed by atoms with van der Waals surface area (Å²) >= 11 is 13.3. The summed E-state index contributed by atoms with van der Waals surface area (Å²) in [6, 6.07) is 14.9. The molecule has 3 aromatic rings. The molecule has 0 saturated carbocycles. The van der Waals surface area contributed by atoms with Gasteiger partial charge in [-0.05, 0) is 48.0 Å². The molecule has 0 N–H and O–H groups in total. The molecule has 0 unspecified atom stereocenters. The Morgan fingerprint density at radius 3 is 2.32 bits per heavy atom. The summed E-state index contributed by atoms with van der Waals surface area (Å²) in [7, 11) is 0. The van der Waals surface area contributed by atoms with Crippen LogP contribution in [-0.4, -0.2) is 11.2 Å². The Bertz CT molecular complexity index is 1090. The van der Waals surface area contributed by atoms with Crippen molar-refractivity contribution in [3.63, 3.8) is 0 Å². The summed E-state index contributed by atoms with van der Waals surface area (Å²) in [4.78, 5) is 20.0. The number of rotatable bonds is 2. The van der Waals surface area contributed by atoms with Crippen molar-refractivity contribution in [1.82, 2.24) is 4.57 Å². The van der Waals surface area contributed by atoms with Crippen molar-refractivity contribution >= 4 is 46.3 Å². The van der Waals surface area contributed by atoms with Gasteiger partial charge >= 0.3 is 0 Å². The van der Waals surface area contributed by atoms with Crippen LogP contribution < -0.4 is 19.8 Å². The van der Waals surface area contributed by atoms with Crippen molar-refractivity contribution in [2.24, 2.45) is 4.99 Å². The maximum atomic E-state index is 12.7. The van der Waals surface area contributed by atoms with E-state index in [1.165, 1.54) is 11.3 Å². The largest absolute Gasteiger partial charge is 0.334 e. The van der Waals surface area contributed by atoms with Crippen molar-refractivity contribution < 1.29 is 0 Å². The van der Waals surface area contributed by atoms with Gasteiger partial charge in [0.05, 0.1) is 4.53 Å². The van der Waals surface area contributed by atoms with Crippen LogP contribution in [0.25, 0.3) is 6.08 Å². The molecule has 0 saturated heterocycles. The first kappa shape index (κ1) is 16.4. The van der Waals surface area contributed by atoms with Crippen molar-refractivity contribution in [1.29, 1.82) is 0 Å². The van der Waals surface area contributed by atoms with Gasteiger partial charge in [0, 0.05) is 15.7 Å². The van der Waals surface area contributed by atoms with Crippen molar-refractivity contribution in [3.05, 3.63) is 83.8 Å². The van der Waals surface area contributed by atoms with Gasteiger partial charge in [-0.3, -0.25) is 9.36 Å². The highest BCUT2D eigenvalue weighted by Gasteiger charge is 2.15. The van der Waals surface area contributed by atoms with Crippen molar-refractivity contribution in [2.45, 2.75) is 6.67 Å². The van der Waals surface area contributed by atoms with Crippen LogP contribution in [0.5, 0.6) is 0 Å². The van der Waals surface area contributed by atoms with E-state index < -0.39 is 0 Å². The zero-order valence-corrected chi connectivity index (χ0v) is 15.4. The minimum absolute atomic E-state index is 0.0302. The van der Waals surface area contributed by atoms with E-state index in [1.54, 1.807) is 4.57 Å². The number of hydrogen-bond donors (Lipinski definition) is 0. The second-order valence-corrected chi connectivity index (χ2v) is 7.52. The van der Waals surface area contributed by atoms with E-state index >= 15 is 0 Å². The number of anilines is 1. The molecule has 1 aliphatic heterocycles. The van der Waals surface area contributed by atoms with E-state index in [0.29, 0.717) is 27.9 Å². The summed E-state index contributed by atoms with van der Waals surface area (Å²) in [5.41, 5.74) is 1.90. The zero-order chi connectivity index (χ0) is 17.4. The van der Waals surface area contributed by atoms with Gasteiger partial charge in [-0.25, -0.2) is 4.99 Å². The Morgan fingerprint density at radius 2 is 1.64 bits per heavy atom. The van der Waals surface area contributed by atoms with Crippen LogP contribution in [0.1, 0.15) is 5.56 Å². The summed E-state index contributed by atoms with van der Waals surface area (Å²) < 4.78 is 2.36. The average Bonchev–Trinajstić information content (AvgIpc) is 2.93. The van der Waals surface area contributed by atoms with Crippen LogP contribution >= 0.6 is 34.5 Å². The van der Waals surface area contributed by atoms with E-state index in [2.05, 4.69) is 4.99 Å². The van der Waals surface area contributed by atoms with Crippen molar-refractivity contribution in [2.75, 3.05) is 11.6 Å². The Balaban J connectivity index is 1.70. The monoisotopic (exact) mass is 389 g/mol. The third kappa shape index (κ3) is 3.35. The highest BCUT2D eigenvalue weighted by molar-refractivity contribution is 7.07. The predicted octanol–water partition coefficient (Wildman–Crippen LogP) is 3.10. The first-order chi connectivity index (χ1) is 12.1. The van der Waals surface area contributed by atoms with E-state index in [0.717, 1.165) is 16.1 Å². The van der Waals surface area contributed by atoms with E-state index in [-0.39, 0.29) is 5.56 Å². The number of halogens is 2. The summed E-state index contributed by atoms with van der Waals surface area (Å²) in [6.45, 7) is 0.992. The molecule has 4 nitrogen and oxygen atoms in total. The Hall–Kier alpha value is -2.08. The fourth-order valence-electron chi connectivity index (χ4n) is 2.64. The van der Waals surface area contributed by atoms with Gasteiger partial charge in [-0.1, -0.05) is 46.7 Å². The Morgan fingerprint density at radius 1 is 1.00 bits per heavy atom. The highest BCUT2D eigenvalue weighted by Crippen LogP contribution is 2.19. The number of thiazole rings is 1. The highest BCUT2D eigenvalue weighted by atomic mass is 35.5. The summed E-state index contributed by atoms with van der Waals surface area (Å²) in [5.74, 6) is 0. The van der Waals surface area contributed by atoms with Gasteiger partial charge in [-0.15, -0.1) is 0 Å². The second-order valence-electron chi connectivity index (χ2n) is 5.64. The average molecular weight is 390 g/mol. The number of nitrogens with zero attached hydrogens (tertiary/aromatic N) is 3. The minimum Gasteiger partial charge on any atom is -0.334 e. The van der Waals surface area contributed by atoms with E-state index in [1.807, 2.05) is 59.5 Å². The molecule has 1 aromatic heterocycles. The third-order valence-electron chi connectivity index (χ3n) is 3.94. The lowest BCUT2D eigenvalue weighted by Crippen LogP contribution is -2.42. The fourth-order valence-corrected chi connectivity index (χ4v) is 3.85. The van der Waals surface area contributed by atoms with Crippen molar-refractivity contribution in [3.8, 4) is 0 Å². The van der Waals surface area contributed by atoms with Gasteiger partial charge in [0.2, 0.25) is 0 Å². The van der Waals surface area contributed by atoms with Gasteiger partial charge < -0.3 is 4.90 Å². The molecule has 0 fully saturated rings. The molecule has 25 heavy (non-hydrogen) atoms. The molecule has 2 aromatic carbocycles. The van der Waals surface area contributed by atoms with Gasteiger partial charge in [0.25, 0.3) is 5.56 Å². The molecule has 2 heterocycles. The molecule has 0 amide bonds. The topological polar surface area (TPSA) is 37.6 Å². The maximum Gasteiger partial charge on any atom is 0.271 e. The number of fused-ring (bicyclic) bond motifs is 1. The van der Waals surface area contributed by atoms with E-state index in [9.17, 15) is 4.79 Å². The first-order valence-corrected chi connectivity index (χ1v) is 9.19. The Kier molecular flexibility index (Phi) is 4.37. The normalized spacial score (nSPS) is 14.3. The fraction of sp³-hybridized carbons (Fsp3) is 0.111. The molecule has 4 rings (SSSR count).